The number of hydrogen-bond acceptors (Lipinski definition) is 4. The number of imidazole rings is 1. The molecule has 0 spiro atoms. The zero-order chi connectivity index (χ0) is 15.6. The number of carbonyl (C=O) groups is 1. The quantitative estimate of drug-likeness (QED) is 0.881. The van der Waals surface area contributed by atoms with Crippen LogP contribution >= 0.6 is 0 Å². The Morgan fingerprint density at radius 2 is 2.19 bits per heavy atom. The molecule has 1 aromatic heterocycles. The van der Waals surface area contributed by atoms with Gasteiger partial charge in [-0.1, -0.05) is 0 Å². The molecule has 2 aromatic rings. The van der Waals surface area contributed by atoms with Gasteiger partial charge in [0.05, 0.1) is 24.0 Å². The van der Waals surface area contributed by atoms with Crippen molar-refractivity contribution >= 4 is 17.6 Å². The molecule has 0 amide bonds. The van der Waals surface area contributed by atoms with Crippen LogP contribution in [0.4, 0.5) is 16.0 Å². The zero-order valence-electron chi connectivity index (χ0n) is 12.1. The third-order valence-corrected chi connectivity index (χ3v) is 3.13. The van der Waals surface area contributed by atoms with Crippen LogP contribution in [-0.4, -0.2) is 34.7 Å². The van der Waals surface area contributed by atoms with Crippen molar-refractivity contribution in [3.63, 3.8) is 0 Å². The van der Waals surface area contributed by atoms with E-state index in [2.05, 4.69) is 10.3 Å². The summed E-state index contributed by atoms with van der Waals surface area (Å²) in [6.45, 7) is 0.460. The lowest BCUT2D eigenvalue weighted by Gasteiger charge is -2.13. The predicted molar refractivity (Wildman–Crippen MR) is 78.2 cm³/mol. The number of carboxylic acid groups (broad SMARTS) is 1. The van der Waals surface area contributed by atoms with Crippen LogP contribution in [0.1, 0.15) is 16.1 Å². The Hall–Kier alpha value is -2.57. The highest BCUT2D eigenvalue weighted by molar-refractivity contribution is 5.89. The summed E-state index contributed by atoms with van der Waals surface area (Å²) >= 11 is 0. The number of benzene rings is 1. The fourth-order valence-corrected chi connectivity index (χ4v) is 2.01. The molecule has 0 aliphatic carbocycles. The molecule has 0 radical (unpaired) electrons. The Morgan fingerprint density at radius 1 is 1.48 bits per heavy atom. The summed E-state index contributed by atoms with van der Waals surface area (Å²) in [5, 5.41) is 12.0. The van der Waals surface area contributed by atoms with E-state index in [1.807, 2.05) is 30.6 Å². The van der Waals surface area contributed by atoms with Crippen LogP contribution in [0.15, 0.2) is 24.4 Å². The van der Waals surface area contributed by atoms with Crippen molar-refractivity contribution in [2.24, 2.45) is 7.05 Å². The van der Waals surface area contributed by atoms with Crippen molar-refractivity contribution in [3.05, 3.63) is 41.5 Å². The number of aromatic nitrogens is 2. The Kier molecular flexibility index (Phi) is 4.11. The minimum atomic E-state index is -1.29. The van der Waals surface area contributed by atoms with E-state index in [0.717, 1.165) is 17.7 Å². The summed E-state index contributed by atoms with van der Waals surface area (Å²) in [6.07, 6.45) is 1.74. The molecule has 1 heterocycles. The molecule has 0 unspecified atom stereocenters. The van der Waals surface area contributed by atoms with Gasteiger partial charge in [0.2, 0.25) is 5.95 Å². The minimum Gasteiger partial charge on any atom is -0.478 e. The van der Waals surface area contributed by atoms with Crippen LogP contribution < -0.4 is 10.2 Å². The van der Waals surface area contributed by atoms with E-state index in [1.54, 1.807) is 6.20 Å². The second-order valence-electron chi connectivity index (χ2n) is 4.86. The molecule has 2 rings (SSSR count). The van der Waals surface area contributed by atoms with Crippen LogP contribution in [-0.2, 0) is 13.6 Å². The fourth-order valence-electron chi connectivity index (χ4n) is 2.01. The maximum absolute atomic E-state index is 13.3. The summed E-state index contributed by atoms with van der Waals surface area (Å²) in [5.41, 5.74) is 1.13. The van der Waals surface area contributed by atoms with E-state index in [9.17, 15) is 9.18 Å². The number of anilines is 2. The Morgan fingerprint density at radius 3 is 2.76 bits per heavy atom. The molecular weight excluding hydrogens is 275 g/mol. The first-order valence-electron chi connectivity index (χ1n) is 6.34. The van der Waals surface area contributed by atoms with Gasteiger partial charge in [0, 0.05) is 26.8 Å². The van der Waals surface area contributed by atoms with Crippen LogP contribution in [0.5, 0.6) is 0 Å². The molecule has 0 saturated carbocycles. The van der Waals surface area contributed by atoms with Gasteiger partial charge in [-0.2, -0.15) is 0 Å². The molecule has 21 heavy (non-hydrogen) atoms. The van der Waals surface area contributed by atoms with E-state index in [1.165, 1.54) is 12.1 Å². The van der Waals surface area contributed by atoms with E-state index in [4.69, 9.17) is 5.11 Å². The van der Waals surface area contributed by atoms with Gasteiger partial charge >= 0.3 is 5.97 Å². The van der Waals surface area contributed by atoms with Crippen LogP contribution in [0.3, 0.4) is 0 Å². The normalized spacial score (nSPS) is 10.5. The highest BCUT2D eigenvalue weighted by Crippen LogP contribution is 2.17. The number of nitrogens with one attached hydrogen (secondary N) is 1. The average molecular weight is 292 g/mol. The number of hydrogen-bond donors (Lipinski definition) is 2. The minimum absolute atomic E-state index is 0.348. The first-order chi connectivity index (χ1) is 9.90. The highest BCUT2D eigenvalue weighted by Gasteiger charge is 2.12. The molecule has 0 bridgehead atoms. The third-order valence-electron chi connectivity index (χ3n) is 3.13. The van der Waals surface area contributed by atoms with E-state index in [-0.39, 0.29) is 5.56 Å². The second kappa shape index (κ2) is 5.82. The summed E-state index contributed by atoms with van der Waals surface area (Å²) in [5.74, 6) is -1.22. The first kappa shape index (κ1) is 14.8. The lowest BCUT2D eigenvalue weighted by atomic mass is 10.2. The molecular formula is C14H17FN4O2. The van der Waals surface area contributed by atoms with Crippen molar-refractivity contribution in [3.8, 4) is 0 Å². The molecule has 0 fully saturated rings. The summed E-state index contributed by atoms with van der Waals surface area (Å²) in [4.78, 5) is 17.1. The van der Waals surface area contributed by atoms with Crippen LogP contribution in [0.2, 0.25) is 0 Å². The van der Waals surface area contributed by atoms with E-state index in [0.29, 0.717) is 12.2 Å². The maximum Gasteiger partial charge on any atom is 0.338 e. The summed E-state index contributed by atoms with van der Waals surface area (Å²) in [7, 11) is 5.70. The van der Waals surface area contributed by atoms with Crippen molar-refractivity contribution in [1.82, 2.24) is 9.55 Å². The standard InChI is InChI=1S/C14H17FN4O2/c1-18(2)14-17-8-10(19(14)3)7-16-9-4-5-12(15)11(6-9)13(20)21/h4-6,8,16H,7H2,1-3H3,(H,20,21). The van der Waals surface area contributed by atoms with Crippen LogP contribution in [0.25, 0.3) is 0 Å². The molecule has 0 aliphatic heterocycles. The smallest absolute Gasteiger partial charge is 0.338 e. The Bertz CT molecular complexity index is 667. The first-order valence-corrected chi connectivity index (χ1v) is 6.34. The van der Waals surface area contributed by atoms with Gasteiger partial charge in [0.15, 0.2) is 0 Å². The van der Waals surface area contributed by atoms with Crippen molar-refractivity contribution < 1.29 is 14.3 Å². The number of aromatic carboxylic acids is 1. The molecule has 112 valence electrons. The molecule has 0 saturated heterocycles. The monoisotopic (exact) mass is 292 g/mol. The fraction of sp³-hybridized carbons (Fsp3) is 0.286. The van der Waals surface area contributed by atoms with Gasteiger partial charge in [-0.3, -0.25) is 0 Å². The maximum atomic E-state index is 13.3. The van der Waals surface area contributed by atoms with Crippen molar-refractivity contribution in [1.29, 1.82) is 0 Å². The number of rotatable bonds is 5. The van der Waals surface area contributed by atoms with E-state index < -0.39 is 11.8 Å². The average Bonchev–Trinajstić information content (AvgIpc) is 2.79. The van der Waals surface area contributed by atoms with Gasteiger partial charge in [-0.15, -0.1) is 0 Å². The van der Waals surface area contributed by atoms with Gasteiger partial charge < -0.3 is 19.9 Å². The number of nitrogens with zero attached hydrogens (tertiary/aromatic N) is 3. The summed E-state index contributed by atoms with van der Waals surface area (Å²) < 4.78 is 15.2. The van der Waals surface area contributed by atoms with Gasteiger partial charge in [0.25, 0.3) is 0 Å². The number of halogens is 1. The lowest BCUT2D eigenvalue weighted by molar-refractivity contribution is 0.0692. The third kappa shape index (κ3) is 3.13. The molecule has 0 aliphatic rings. The number of carboxylic acids is 1. The summed E-state index contributed by atoms with van der Waals surface area (Å²) in [6, 6.07) is 3.92. The Balaban J connectivity index is 2.13. The largest absolute Gasteiger partial charge is 0.478 e. The van der Waals surface area contributed by atoms with Crippen molar-refractivity contribution in [2.75, 3.05) is 24.3 Å². The predicted octanol–water partition coefficient (Wildman–Crippen LogP) is 1.94. The Labute approximate surface area is 121 Å². The van der Waals surface area contributed by atoms with Gasteiger partial charge in [0.1, 0.15) is 5.82 Å². The van der Waals surface area contributed by atoms with Gasteiger partial charge in [-0.25, -0.2) is 14.2 Å². The SMILES string of the molecule is CN(C)c1ncc(CNc2ccc(F)c(C(=O)O)c2)n1C. The molecule has 0 atom stereocenters. The van der Waals surface area contributed by atoms with Gasteiger partial charge in [-0.05, 0) is 18.2 Å². The second-order valence-corrected chi connectivity index (χ2v) is 4.86. The lowest BCUT2D eigenvalue weighted by Crippen LogP contribution is -2.15. The highest BCUT2D eigenvalue weighted by atomic mass is 19.1. The van der Waals surface area contributed by atoms with Crippen molar-refractivity contribution in [2.45, 2.75) is 6.54 Å². The zero-order valence-corrected chi connectivity index (χ0v) is 12.1. The topological polar surface area (TPSA) is 70.4 Å². The molecule has 1 aromatic carbocycles. The molecule has 7 heteroatoms. The molecule has 2 N–H and O–H groups in total. The van der Waals surface area contributed by atoms with E-state index >= 15 is 0 Å². The van der Waals surface area contributed by atoms with Crippen LogP contribution in [0, 0.1) is 5.82 Å². The molecule has 6 nitrogen and oxygen atoms in total.